The van der Waals surface area contributed by atoms with Crippen LogP contribution in [0.2, 0.25) is 0 Å². The Morgan fingerprint density at radius 2 is 2.12 bits per heavy atom. The van der Waals surface area contributed by atoms with Crippen molar-refractivity contribution in [2.45, 2.75) is 0 Å². The maximum Gasteiger partial charge on any atom is 0.261 e. The molecule has 0 aromatic heterocycles. The zero-order valence-electron chi connectivity index (χ0n) is 9.18. The minimum atomic E-state index is -0.453. The largest absolute Gasteiger partial charge is 0.508 e. The van der Waals surface area contributed by atoms with Gasteiger partial charge in [-0.15, -0.1) is 0 Å². The standard InChI is InChI=1S/C12H13N3O2/c13-5-6-15-12(17)10(8-14)7-9-1-3-11(16)4-2-9/h1-4,7,16H,5-6,13H2,(H,15,17). The Hall–Kier alpha value is -2.32. The van der Waals surface area contributed by atoms with Gasteiger partial charge in [0.25, 0.3) is 5.91 Å². The predicted octanol–water partition coefficient (Wildman–Crippen LogP) is 0.374. The second-order valence-corrected chi connectivity index (χ2v) is 3.31. The molecule has 0 aliphatic heterocycles. The van der Waals surface area contributed by atoms with E-state index in [1.54, 1.807) is 12.1 Å². The molecule has 0 saturated carbocycles. The van der Waals surface area contributed by atoms with Crippen LogP contribution in [0, 0.1) is 11.3 Å². The van der Waals surface area contributed by atoms with Crippen LogP contribution < -0.4 is 11.1 Å². The number of phenolic OH excluding ortho intramolecular Hbond substituents is 1. The lowest BCUT2D eigenvalue weighted by molar-refractivity contribution is -0.116. The maximum absolute atomic E-state index is 11.5. The van der Waals surface area contributed by atoms with E-state index in [4.69, 9.17) is 16.1 Å². The molecule has 1 aromatic rings. The Bertz CT molecular complexity index is 458. The van der Waals surface area contributed by atoms with Crippen LogP contribution in [-0.4, -0.2) is 24.1 Å². The summed E-state index contributed by atoms with van der Waals surface area (Å²) in [4.78, 5) is 11.5. The number of nitrogens with zero attached hydrogens (tertiary/aromatic N) is 1. The van der Waals surface area contributed by atoms with Crippen LogP contribution in [0.5, 0.6) is 5.75 Å². The van der Waals surface area contributed by atoms with Gasteiger partial charge in [-0.25, -0.2) is 0 Å². The smallest absolute Gasteiger partial charge is 0.261 e. The number of benzene rings is 1. The molecule has 1 aromatic carbocycles. The van der Waals surface area contributed by atoms with Crippen molar-refractivity contribution in [2.75, 3.05) is 13.1 Å². The molecule has 5 nitrogen and oxygen atoms in total. The quantitative estimate of drug-likeness (QED) is 0.515. The minimum Gasteiger partial charge on any atom is -0.508 e. The Morgan fingerprint density at radius 3 is 2.65 bits per heavy atom. The summed E-state index contributed by atoms with van der Waals surface area (Å²) >= 11 is 0. The Kier molecular flexibility index (Phi) is 4.73. The number of carbonyl (C=O) groups excluding carboxylic acids is 1. The number of nitrogens with two attached hydrogens (primary N) is 1. The fourth-order valence-electron chi connectivity index (χ4n) is 1.17. The lowest BCUT2D eigenvalue weighted by Crippen LogP contribution is -2.29. The molecule has 0 heterocycles. The molecule has 0 radical (unpaired) electrons. The molecular formula is C12H13N3O2. The predicted molar refractivity (Wildman–Crippen MR) is 63.8 cm³/mol. The van der Waals surface area contributed by atoms with Crippen molar-refractivity contribution in [3.63, 3.8) is 0 Å². The second-order valence-electron chi connectivity index (χ2n) is 3.31. The molecule has 0 atom stereocenters. The molecule has 1 amide bonds. The third kappa shape index (κ3) is 3.97. The van der Waals surface area contributed by atoms with Gasteiger partial charge in [0.05, 0.1) is 0 Å². The first-order chi connectivity index (χ1) is 8.17. The molecule has 4 N–H and O–H groups in total. The maximum atomic E-state index is 11.5. The molecule has 0 saturated heterocycles. The Morgan fingerprint density at radius 1 is 1.47 bits per heavy atom. The van der Waals surface area contributed by atoms with Gasteiger partial charge in [0, 0.05) is 13.1 Å². The second kappa shape index (κ2) is 6.30. The van der Waals surface area contributed by atoms with E-state index in [0.717, 1.165) is 0 Å². The zero-order chi connectivity index (χ0) is 12.7. The summed E-state index contributed by atoms with van der Waals surface area (Å²) in [5.74, 6) is -0.320. The topological polar surface area (TPSA) is 99.1 Å². The van der Waals surface area contributed by atoms with E-state index in [0.29, 0.717) is 18.7 Å². The molecule has 88 valence electrons. The highest BCUT2D eigenvalue weighted by atomic mass is 16.3. The zero-order valence-corrected chi connectivity index (χ0v) is 9.18. The van der Waals surface area contributed by atoms with Crippen LogP contribution in [0.15, 0.2) is 29.8 Å². The van der Waals surface area contributed by atoms with E-state index in [9.17, 15) is 4.79 Å². The molecule has 0 aliphatic carbocycles. The van der Waals surface area contributed by atoms with Gasteiger partial charge >= 0.3 is 0 Å². The first kappa shape index (κ1) is 12.7. The van der Waals surface area contributed by atoms with E-state index in [2.05, 4.69) is 5.32 Å². The van der Waals surface area contributed by atoms with E-state index >= 15 is 0 Å². The molecule has 17 heavy (non-hydrogen) atoms. The number of nitriles is 1. The number of amides is 1. The summed E-state index contributed by atoms with van der Waals surface area (Å²) in [6.07, 6.45) is 1.45. The summed E-state index contributed by atoms with van der Waals surface area (Å²) in [5, 5.41) is 20.5. The fourth-order valence-corrected chi connectivity index (χ4v) is 1.17. The Balaban J connectivity index is 2.83. The number of rotatable bonds is 4. The number of hydrogen-bond acceptors (Lipinski definition) is 4. The van der Waals surface area contributed by atoms with Crippen LogP contribution in [0.3, 0.4) is 0 Å². The number of phenols is 1. The average Bonchev–Trinajstić information content (AvgIpc) is 2.35. The third-order valence-corrected chi connectivity index (χ3v) is 2.00. The van der Waals surface area contributed by atoms with Crippen LogP contribution >= 0.6 is 0 Å². The van der Waals surface area contributed by atoms with E-state index in [1.165, 1.54) is 18.2 Å². The Labute approximate surface area is 99.2 Å². The highest BCUT2D eigenvalue weighted by Crippen LogP contribution is 2.12. The number of nitrogens with one attached hydrogen (secondary N) is 1. The number of carbonyl (C=O) groups is 1. The van der Waals surface area contributed by atoms with Crippen molar-refractivity contribution in [3.05, 3.63) is 35.4 Å². The van der Waals surface area contributed by atoms with Crippen LogP contribution in [0.1, 0.15) is 5.56 Å². The summed E-state index contributed by atoms with van der Waals surface area (Å²) in [6.45, 7) is 0.650. The van der Waals surface area contributed by atoms with Gasteiger partial charge in [-0.3, -0.25) is 4.79 Å². The molecule has 1 rings (SSSR count). The SMILES string of the molecule is N#CC(=Cc1ccc(O)cc1)C(=O)NCCN. The van der Waals surface area contributed by atoms with Gasteiger partial charge in [-0.05, 0) is 23.8 Å². The fraction of sp³-hybridized carbons (Fsp3) is 0.167. The molecule has 0 fully saturated rings. The van der Waals surface area contributed by atoms with Gasteiger partial charge < -0.3 is 16.2 Å². The number of aromatic hydroxyl groups is 1. The van der Waals surface area contributed by atoms with E-state index in [-0.39, 0.29) is 11.3 Å². The van der Waals surface area contributed by atoms with Crippen molar-refractivity contribution in [2.24, 2.45) is 5.73 Å². The van der Waals surface area contributed by atoms with Gasteiger partial charge in [0.1, 0.15) is 17.4 Å². The lowest BCUT2D eigenvalue weighted by Gasteiger charge is -2.01. The molecule has 0 unspecified atom stereocenters. The van der Waals surface area contributed by atoms with Crippen molar-refractivity contribution >= 4 is 12.0 Å². The number of hydrogen-bond donors (Lipinski definition) is 3. The lowest BCUT2D eigenvalue weighted by atomic mass is 10.1. The van der Waals surface area contributed by atoms with Gasteiger partial charge in [0.2, 0.25) is 0 Å². The van der Waals surface area contributed by atoms with Gasteiger partial charge in [-0.2, -0.15) is 5.26 Å². The first-order valence-electron chi connectivity index (χ1n) is 5.06. The highest BCUT2D eigenvalue weighted by Gasteiger charge is 2.07. The summed E-state index contributed by atoms with van der Waals surface area (Å²) in [7, 11) is 0. The van der Waals surface area contributed by atoms with Gasteiger partial charge in [-0.1, -0.05) is 12.1 Å². The molecular weight excluding hydrogens is 218 g/mol. The summed E-state index contributed by atoms with van der Waals surface area (Å²) < 4.78 is 0. The van der Waals surface area contributed by atoms with Crippen molar-refractivity contribution in [3.8, 4) is 11.8 Å². The van der Waals surface area contributed by atoms with Crippen LogP contribution in [0.4, 0.5) is 0 Å². The average molecular weight is 231 g/mol. The van der Waals surface area contributed by atoms with E-state index < -0.39 is 5.91 Å². The van der Waals surface area contributed by atoms with Crippen molar-refractivity contribution in [1.29, 1.82) is 5.26 Å². The monoisotopic (exact) mass is 231 g/mol. The first-order valence-corrected chi connectivity index (χ1v) is 5.06. The molecule has 0 spiro atoms. The summed E-state index contributed by atoms with van der Waals surface area (Å²) in [6, 6.07) is 8.02. The van der Waals surface area contributed by atoms with Crippen LogP contribution in [-0.2, 0) is 4.79 Å². The normalized spacial score (nSPS) is 10.7. The molecule has 0 bridgehead atoms. The van der Waals surface area contributed by atoms with Gasteiger partial charge in [0.15, 0.2) is 0 Å². The van der Waals surface area contributed by atoms with Crippen molar-refractivity contribution < 1.29 is 9.90 Å². The molecule has 0 aliphatic rings. The summed E-state index contributed by atoms with van der Waals surface area (Å²) in [5.41, 5.74) is 5.92. The van der Waals surface area contributed by atoms with Crippen LogP contribution in [0.25, 0.3) is 6.08 Å². The minimum absolute atomic E-state index is 0.00383. The highest BCUT2D eigenvalue weighted by molar-refractivity contribution is 6.01. The third-order valence-electron chi connectivity index (χ3n) is 2.00. The molecule has 5 heteroatoms. The van der Waals surface area contributed by atoms with E-state index in [1.807, 2.05) is 6.07 Å². The van der Waals surface area contributed by atoms with Crippen molar-refractivity contribution in [1.82, 2.24) is 5.32 Å².